The molecule has 0 bridgehead atoms. The maximum absolute atomic E-state index is 6.15. The summed E-state index contributed by atoms with van der Waals surface area (Å²) in [6.07, 6.45) is 2.97. The fourth-order valence-electron chi connectivity index (χ4n) is 3.48. The van der Waals surface area contributed by atoms with Gasteiger partial charge in [0.05, 0.1) is 18.2 Å². The van der Waals surface area contributed by atoms with Crippen LogP contribution in [0.4, 0.5) is 0 Å². The van der Waals surface area contributed by atoms with Crippen LogP contribution in [0.15, 0.2) is 36.4 Å². The SMILES string of the molecule is CCNC(c1ccc(C)c2ccccc12)C1CCC(C)O1. The molecule has 21 heavy (non-hydrogen) atoms. The fraction of sp³-hybridized carbons (Fsp3) is 0.474. The van der Waals surface area contributed by atoms with Gasteiger partial charge in [0.2, 0.25) is 0 Å². The summed E-state index contributed by atoms with van der Waals surface area (Å²) in [5, 5.41) is 6.35. The largest absolute Gasteiger partial charge is 0.373 e. The Kier molecular flexibility index (Phi) is 4.27. The Balaban J connectivity index is 2.05. The van der Waals surface area contributed by atoms with Crippen molar-refractivity contribution < 1.29 is 4.74 Å². The van der Waals surface area contributed by atoms with E-state index < -0.39 is 0 Å². The number of hydrogen-bond acceptors (Lipinski definition) is 2. The zero-order valence-corrected chi connectivity index (χ0v) is 13.2. The average Bonchev–Trinajstić information content (AvgIpc) is 2.92. The van der Waals surface area contributed by atoms with Crippen molar-refractivity contribution in [2.45, 2.75) is 51.9 Å². The molecule has 2 heteroatoms. The van der Waals surface area contributed by atoms with Gasteiger partial charge in [-0.15, -0.1) is 0 Å². The third-order valence-electron chi connectivity index (χ3n) is 4.57. The van der Waals surface area contributed by atoms with Crippen molar-refractivity contribution in [3.05, 3.63) is 47.5 Å². The van der Waals surface area contributed by atoms with Gasteiger partial charge in [-0.25, -0.2) is 0 Å². The van der Waals surface area contributed by atoms with Gasteiger partial charge in [-0.1, -0.05) is 43.3 Å². The minimum Gasteiger partial charge on any atom is -0.373 e. The van der Waals surface area contributed by atoms with Crippen molar-refractivity contribution in [3.8, 4) is 0 Å². The third-order valence-corrected chi connectivity index (χ3v) is 4.57. The molecule has 1 N–H and O–H groups in total. The smallest absolute Gasteiger partial charge is 0.0774 e. The summed E-state index contributed by atoms with van der Waals surface area (Å²) in [6, 6.07) is 13.5. The highest BCUT2D eigenvalue weighted by atomic mass is 16.5. The molecule has 0 saturated carbocycles. The topological polar surface area (TPSA) is 21.3 Å². The van der Waals surface area contributed by atoms with E-state index in [9.17, 15) is 0 Å². The van der Waals surface area contributed by atoms with E-state index in [0.717, 1.165) is 19.4 Å². The molecule has 1 aliphatic heterocycles. The lowest BCUT2D eigenvalue weighted by Crippen LogP contribution is -2.32. The molecule has 3 rings (SSSR count). The van der Waals surface area contributed by atoms with Crippen LogP contribution >= 0.6 is 0 Å². The van der Waals surface area contributed by atoms with E-state index in [1.54, 1.807) is 0 Å². The highest BCUT2D eigenvalue weighted by molar-refractivity contribution is 5.89. The Labute approximate surface area is 127 Å². The Hall–Kier alpha value is -1.38. The van der Waals surface area contributed by atoms with Crippen LogP contribution in [0.3, 0.4) is 0 Å². The van der Waals surface area contributed by atoms with E-state index >= 15 is 0 Å². The van der Waals surface area contributed by atoms with Gasteiger partial charge in [0.1, 0.15) is 0 Å². The maximum Gasteiger partial charge on any atom is 0.0774 e. The summed E-state index contributed by atoms with van der Waals surface area (Å²) in [6.45, 7) is 7.49. The molecular weight excluding hydrogens is 258 g/mol. The minimum absolute atomic E-state index is 0.283. The second-order valence-corrected chi connectivity index (χ2v) is 6.12. The molecule has 0 aromatic heterocycles. The maximum atomic E-state index is 6.15. The molecule has 2 aromatic rings. The summed E-state index contributed by atoms with van der Waals surface area (Å²) in [7, 11) is 0. The predicted octanol–water partition coefficient (Wildman–Crippen LogP) is 4.37. The predicted molar refractivity (Wildman–Crippen MR) is 88.7 cm³/mol. The minimum atomic E-state index is 0.283. The van der Waals surface area contributed by atoms with Gasteiger partial charge in [-0.05, 0) is 55.1 Å². The van der Waals surface area contributed by atoms with Crippen molar-refractivity contribution in [2.24, 2.45) is 0 Å². The molecule has 0 radical (unpaired) electrons. The molecule has 112 valence electrons. The highest BCUT2D eigenvalue weighted by Gasteiger charge is 2.31. The Morgan fingerprint density at radius 2 is 1.90 bits per heavy atom. The molecule has 3 unspecified atom stereocenters. The summed E-state index contributed by atoms with van der Waals surface area (Å²) < 4.78 is 6.15. The van der Waals surface area contributed by atoms with Crippen LogP contribution < -0.4 is 5.32 Å². The lowest BCUT2D eigenvalue weighted by molar-refractivity contribution is 0.0322. The lowest BCUT2D eigenvalue weighted by atomic mass is 9.92. The fourth-order valence-corrected chi connectivity index (χ4v) is 3.48. The van der Waals surface area contributed by atoms with E-state index in [2.05, 4.69) is 62.5 Å². The first-order valence-corrected chi connectivity index (χ1v) is 8.07. The molecule has 2 aromatic carbocycles. The highest BCUT2D eigenvalue weighted by Crippen LogP contribution is 2.34. The third kappa shape index (κ3) is 2.83. The van der Waals surface area contributed by atoms with E-state index in [1.165, 1.54) is 21.9 Å². The number of benzene rings is 2. The van der Waals surface area contributed by atoms with Crippen LogP contribution in [0, 0.1) is 6.92 Å². The Morgan fingerprint density at radius 1 is 1.14 bits per heavy atom. The molecule has 1 heterocycles. The van der Waals surface area contributed by atoms with E-state index in [1.807, 2.05) is 0 Å². The van der Waals surface area contributed by atoms with Crippen LogP contribution in [0.5, 0.6) is 0 Å². The van der Waals surface area contributed by atoms with Gasteiger partial charge < -0.3 is 10.1 Å². The summed E-state index contributed by atoms with van der Waals surface area (Å²) in [5.41, 5.74) is 2.71. The number of fused-ring (bicyclic) bond motifs is 1. The number of nitrogens with one attached hydrogen (secondary N) is 1. The average molecular weight is 283 g/mol. The second kappa shape index (κ2) is 6.17. The van der Waals surface area contributed by atoms with Crippen molar-refractivity contribution in [1.82, 2.24) is 5.32 Å². The molecule has 0 aliphatic carbocycles. The van der Waals surface area contributed by atoms with Gasteiger partial charge in [0.15, 0.2) is 0 Å². The monoisotopic (exact) mass is 283 g/mol. The molecule has 0 amide bonds. The van der Waals surface area contributed by atoms with Crippen molar-refractivity contribution in [2.75, 3.05) is 6.54 Å². The summed E-state index contributed by atoms with van der Waals surface area (Å²) in [4.78, 5) is 0. The lowest BCUT2D eigenvalue weighted by Gasteiger charge is -2.26. The quantitative estimate of drug-likeness (QED) is 0.900. The van der Waals surface area contributed by atoms with Gasteiger partial charge in [-0.2, -0.15) is 0 Å². The van der Waals surface area contributed by atoms with Crippen LogP contribution in [-0.2, 0) is 4.74 Å². The van der Waals surface area contributed by atoms with Crippen LogP contribution in [0.1, 0.15) is 43.9 Å². The zero-order chi connectivity index (χ0) is 14.8. The van der Waals surface area contributed by atoms with Crippen LogP contribution in [0.25, 0.3) is 10.8 Å². The standard InChI is InChI=1S/C19H25NO/c1-4-20-19(18-12-10-14(3)21-18)17-11-9-13(2)15-7-5-6-8-16(15)17/h5-9,11,14,18-20H,4,10,12H2,1-3H3. The van der Waals surface area contributed by atoms with Crippen molar-refractivity contribution in [1.29, 1.82) is 0 Å². The van der Waals surface area contributed by atoms with Gasteiger partial charge in [0.25, 0.3) is 0 Å². The summed E-state index contributed by atoms with van der Waals surface area (Å²) >= 11 is 0. The normalized spacial score (nSPS) is 23.6. The van der Waals surface area contributed by atoms with Gasteiger partial charge in [-0.3, -0.25) is 0 Å². The molecule has 2 nitrogen and oxygen atoms in total. The number of hydrogen-bond donors (Lipinski definition) is 1. The number of aryl methyl sites for hydroxylation is 1. The first-order valence-electron chi connectivity index (χ1n) is 8.07. The van der Waals surface area contributed by atoms with Gasteiger partial charge in [0, 0.05) is 0 Å². The number of likely N-dealkylation sites (N-methyl/N-ethyl adjacent to an activating group) is 1. The Bertz CT molecular complexity index is 622. The molecule has 1 aliphatic rings. The molecule has 0 spiro atoms. The molecule has 3 atom stereocenters. The molecule has 1 fully saturated rings. The van der Waals surface area contributed by atoms with Crippen molar-refractivity contribution >= 4 is 10.8 Å². The van der Waals surface area contributed by atoms with Crippen molar-refractivity contribution in [3.63, 3.8) is 0 Å². The number of rotatable bonds is 4. The van der Waals surface area contributed by atoms with Crippen LogP contribution in [-0.4, -0.2) is 18.8 Å². The molecular formula is C19H25NO. The zero-order valence-electron chi connectivity index (χ0n) is 13.2. The second-order valence-electron chi connectivity index (χ2n) is 6.12. The van der Waals surface area contributed by atoms with E-state index in [-0.39, 0.29) is 12.1 Å². The molecule has 1 saturated heterocycles. The summed E-state index contributed by atoms with van der Waals surface area (Å²) in [5.74, 6) is 0. The van der Waals surface area contributed by atoms with E-state index in [0.29, 0.717) is 6.10 Å². The Morgan fingerprint density at radius 3 is 2.57 bits per heavy atom. The van der Waals surface area contributed by atoms with Gasteiger partial charge >= 0.3 is 0 Å². The first kappa shape index (κ1) is 14.6. The number of ether oxygens (including phenoxy) is 1. The van der Waals surface area contributed by atoms with E-state index in [4.69, 9.17) is 4.74 Å². The first-order chi connectivity index (χ1) is 10.2. The van der Waals surface area contributed by atoms with Crippen LogP contribution in [0.2, 0.25) is 0 Å².